The fraction of sp³-hybridized carbons (Fsp3) is 0.409. The molecule has 2 aromatic carbocycles. The summed E-state index contributed by atoms with van der Waals surface area (Å²) in [6.07, 6.45) is 6.42. The zero-order chi connectivity index (χ0) is 20.9. The lowest BCUT2D eigenvalue weighted by atomic mass is 10.1. The molecule has 29 heavy (non-hydrogen) atoms. The Labute approximate surface area is 178 Å². The van der Waals surface area contributed by atoms with Crippen LogP contribution in [-0.2, 0) is 14.8 Å². The minimum Gasteiger partial charge on any atom is -0.352 e. The number of nitrogens with zero attached hydrogens (tertiary/aromatic N) is 1. The standard InChI is InChI=1S/C22H27ClN2O3S/c1-17-13-14-18(23)15-21(17)25(29(27,28)20-11-7-4-8-12-20)16-22(26)24-19-9-5-2-3-6-10-19/h4,7-8,11-15,19H,2-3,5-6,9-10,16H2,1H3,(H,24,26). The second-order valence-corrected chi connectivity index (χ2v) is 9.81. The molecular formula is C22H27ClN2O3S. The van der Waals surface area contributed by atoms with Crippen molar-refractivity contribution in [3.05, 3.63) is 59.1 Å². The summed E-state index contributed by atoms with van der Waals surface area (Å²) in [5, 5.41) is 3.46. The molecule has 7 heteroatoms. The number of hydrogen-bond acceptors (Lipinski definition) is 3. The van der Waals surface area contributed by atoms with E-state index in [0.717, 1.165) is 35.6 Å². The number of carbonyl (C=O) groups is 1. The monoisotopic (exact) mass is 434 g/mol. The molecule has 1 aliphatic carbocycles. The number of aryl methyl sites for hydroxylation is 1. The molecule has 1 amide bonds. The topological polar surface area (TPSA) is 66.5 Å². The van der Waals surface area contributed by atoms with E-state index < -0.39 is 10.0 Å². The van der Waals surface area contributed by atoms with Crippen molar-refractivity contribution < 1.29 is 13.2 Å². The average molecular weight is 435 g/mol. The molecule has 3 rings (SSSR count). The Kier molecular flexibility index (Phi) is 7.19. The predicted octanol–water partition coefficient (Wildman–Crippen LogP) is 4.68. The molecule has 2 aromatic rings. The van der Waals surface area contributed by atoms with Crippen molar-refractivity contribution in [1.82, 2.24) is 5.32 Å². The highest BCUT2D eigenvalue weighted by Crippen LogP contribution is 2.29. The second kappa shape index (κ2) is 9.63. The first kappa shape index (κ1) is 21.7. The highest BCUT2D eigenvalue weighted by Gasteiger charge is 2.29. The minimum atomic E-state index is -3.92. The fourth-order valence-electron chi connectivity index (χ4n) is 3.70. The Morgan fingerprint density at radius 3 is 2.38 bits per heavy atom. The summed E-state index contributed by atoms with van der Waals surface area (Å²) < 4.78 is 27.9. The first-order valence-corrected chi connectivity index (χ1v) is 11.8. The first-order chi connectivity index (χ1) is 13.9. The maximum atomic E-state index is 13.4. The van der Waals surface area contributed by atoms with Crippen LogP contribution in [0.1, 0.15) is 44.1 Å². The minimum absolute atomic E-state index is 0.103. The van der Waals surface area contributed by atoms with Crippen LogP contribution in [0.15, 0.2) is 53.4 Å². The van der Waals surface area contributed by atoms with Crippen LogP contribution in [0.4, 0.5) is 5.69 Å². The Balaban J connectivity index is 1.91. The molecule has 0 spiro atoms. The van der Waals surface area contributed by atoms with Crippen LogP contribution in [-0.4, -0.2) is 26.9 Å². The molecule has 1 saturated carbocycles. The number of halogens is 1. The van der Waals surface area contributed by atoms with Crippen molar-refractivity contribution >= 4 is 33.2 Å². The van der Waals surface area contributed by atoms with E-state index in [1.807, 2.05) is 6.92 Å². The third-order valence-electron chi connectivity index (χ3n) is 5.28. The molecule has 0 saturated heterocycles. The van der Waals surface area contributed by atoms with Gasteiger partial charge in [-0.1, -0.05) is 61.5 Å². The van der Waals surface area contributed by atoms with Gasteiger partial charge in [0.25, 0.3) is 10.0 Å². The quantitative estimate of drug-likeness (QED) is 0.671. The molecule has 5 nitrogen and oxygen atoms in total. The van der Waals surface area contributed by atoms with Crippen molar-refractivity contribution in [2.45, 2.75) is 56.4 Å². The summed E-state index contributed by atoms with van der Waals surface area (Å²) in [6.45, 7) is 1.53. The Bertz CT molecular complexity index is 940. The van der Waals surface area contributed by atoms with Crippen LogP contribution >= 0.6 is 11.6 Å². The van der Waals surface area contributed by atoms with E-state index in [0.29, 0.717) is 10.7 Å². The van der Waals surface area contributed by atoms with Crippen LogP contribution in [0.5, 0.6) is 0 Å². The molecule has 1 N–H and O–H groups in total. The predicted molar refractivity (Wildman–Crippen MR) is 117 cm³/mol. The van der Waals surface area contributed by atoms with Gasteiger partial charge in [0.05, 0.1) is 10.6 Å². The highest BCUT2D eigenvalue weighted by atomic mass is 35.5. The number of anilines is 1. The largest absolute Gasteiger partial charge is 0.352 e. The van der Waals surface area contributed by atoms with E-state index in [2.05, 4.69) is 5.32 Å². The van der Waals surface area contributed by atoms with Crippen molar-refractivity contribution in [3.63, 3.8) is 0 Å². The molecule has 0 bridgehead atoms. The number of benzene rings is 2. The van der Waals surface area contributed by atoms with Crippen LogP contribution in [0.25, 0.3) is 0 Å². The van der Waals surface area contributed by atoms with E-state index in [9.17, 15) is 13.2 Å². The number of amides is 1. The summed E-state index contributed by atoms with van der Waals surface area (Å²) in [6, 6.07) is 13.3. The molecule has 0 radical (unpaired) electrons. The van der Waals surface area contributed by atoms with Gasteiger partial charge in [0.1, 0.15) is 6.54 Å². The number of carbonyl (C=O) groups excluding carboxylic acids is 1. The van der Waals surface area contributed by atoms with Gasteiger partial charge < -0.3 is 5.32 Å². The second-order valence-electron chi connectivity index (χ2n) is 7.51. The number of sulfonamides is 1. The molecular weight excluding hydrogens is 408 g/mol. The van der Waals surface area contributed by atoms with Crippen molar-refractivity contribution in [3.8, 4) is 0 Å². The van der Waals surface area contributed by atoms with Gasteiger partial charge in [-0.15, -0.1) is 0 Å². The summed E-state index contributed by atoms with van der Waals surface area (Å²) in [7, 11) is -3.92. The molecule has 0 atom stereocenters. The van der Waals surface area contributed by atoms with Crippen LogP contribution in [0.3, 0.4) is 0 Å². The molecule has 1 aliphatic rings. The smallest absolute Gasteiger partial charge is 0.264 e. The van der Waals surface area contributed by atoms with Crippen molar-refractivity contribution in [2.75, 3.05) is 10.8 Å². The number of rotatable bonds is 6. The lowest BCUT2D eigenvalue weighted by Crippen LogP contribution is -2.44. The van der Waals surface area contributed by atoms with E-state index in [4.69, 9.17) is 11.6 Å². The molecule has 0 unspecified atom stereocenters. The maximum Gasteiger partial charge on any atom is 0.264 e. The molecule has 1 fully saturated rings. The van der Waals surface area contributed by atoms with Gasteiger partial charge in [0.2, 0.25) is 5.91 Å². The lowest BCUT2D eigenvalue weighted by molar-refractivity contribution is -0.120. The molecule has 156 valence electrons. The van der Waals surface area contributed by atoms with Gasteiger partial charge in [-0.2, -0.15) is 0 Å². The van der Waals surface area contributed by atoms with Crippen molar-refractivity contribution in [2.24, 2.45) is 0 Å². The highest BCUT2D eigenvalue weighted by molar-refractivity contribution is 7.92. The fourth-order valence-corrected chi connectivity index (χ4v) is 5.36. The first-order valence-electron chi connectivity index (χ1n) is 10.0. The van der Waals surface area contributed by atoms with E-state index in [-0.39, 0.29) is 23.4 Å². The van der Waals surface area contributed by atoms with E-state index >= 15 is 0 Å². The molecule has 0 aliphatic heterocycles. The normalized spacial score (nSPS) is 15.5. The van der Waals surface area contributed by atoms with Gasteiger partial charge in [-0.05, 0) is 49.6 Å². The summed E-state index contributed by atoms with van der Waals surface area (Å²) in [4.78, 5) is 13.0. The third-order valence-corrected chi connectivity index (χ3v) is 7.29. The van der Waals surface area contributed by atoms with E-state index in [1.165, 1.54) is 25.0 Å². The Morgan fingerprint density at radius 1 is 1.07 bits per heavy atom. The zero-order valence-corrected chi connectivity index (χ0v) is 18.2. The summed E-state index contributed by atoms with van der Waals surface area (Å²) in [5.74, 6) is -0.296. The van der Waals surface area contributed by atoms with Crippen LogP contribution in [0, 0.1) is 6.92 Å². The van der Waals surface area contributed by atoms with Gasteiger partial charge in [-0.3, -0.25) is 9.10 Å². The maximum absolute atomic E-state index is 13.4. The van der Waals surface area contributed by atoms with Gasteiger partial charge in [-0.25, -0.2) is 8.42 Å². The van der Waals surface area contributed by atoms with Crippen LogP contribution in [0.2, 0.25) is 5.02 Å². The Hall–Kier alpha value is -2.05. The van der Waals surface area contributed by atoms with Gasteiger partial charge in [0.15, 0.2) is 0 Å². The average Bonchev–Trinajstić information content (AvgIpc) is 2.97. The summed E-state index contributed by atoms with van der Waals surface area (Å²) in [5.41, 5.74) is 1.15. The third kappa shape index (κ3) is 5.52. The number of hydrogen-bond donors (Lipinski definition) is 1. The number of nitrogens with one attached hydrogen (secondary N) is 1. The lowest BCUT2D eigenvalue weighted by Gasteiger charge is -2.27. The Morgan fingerprint density at radius 2 is 1.72 bits per heavy atom. The van der Waals surface area contributed by atoms with Gasteiger partial charge >= 0.3 is 0 Å². The van der Waals surface area contributed by atoms with Crippen LogP contribution < -0.4 is 9.62 Å². The molecule has 0 heterocycles. The summed E-state index contributed by atoms with van der Waals surface area (Å²) >= 11 is 6.15. The van der Waals surface area contributed by atoms with Gasteiger partial charge in [0, 0.05) is 11.1 Å². The van der Waals surface area contributed by atoms with E-state index in [1.54, 1.807) is 36.4 Å². The SMILES string of the molecule is Cc1ccc(Cl)cc1N(CC(=O)NC1CCCCCC1)S(=O)(=O)c1ccccc1. The molecule has 0 aromatic heterocycles. The van der Waals surface area contributed by atoms with Crippen molar-refractivity contribution in [1.29, 1.82) is 0 Å². The zero-order valence-electron chi connectivity index (χ0n) is 16.6.